The Bertz CT molecular complexity index is 1730. The Kier molecular flexibility index (Phi) is 11.5. The van der Waals surface area contributed by atoms with Crippen LogP contribution in [0.3, 0.4) is 0 Å². The molecule has 2 amide bonds. The van der Waals surface area contributed by atoms with Crippen LogP contribution < -0.4 is 14.4 Å². The van der Waals surface area contributed by atoms with Crippen LogP contribution in [0.25, 0.3) is 0 Å². The number of ether oxygens (including phenoxy) is 1. The van der Waals surface area contributed by atoms with Crippen molar-refractivity contribution in [2.45, 2.75) is 44.7 Å². The van der Waals surface area contributed by atoms with Crippen LogP contribution in [-0.2, 0) is 32.6 Å². The zero-order valence-corrected chi connectivity index (χ0v) is 27.3. The van der Waals surface area contributed by atoms with Gasteiger partial charge in [0.2, 0.25) is 11.8 Å². The lowest BCUT2D eigenvalue weighted by atomic mass is 10.0. The lowest BCUT2D eigenvalue weighted by Crippen LogP contribution is -2.53. The van der Waals surface area contributed by atoms with E-state index in [1.165, 1.54) is 36.3 Å². The third-order valence-corrected chi connectivity index (χ3v) is 9.27. The molecule has 0 spiro atoms. The molecule has 0 bridgehead atoms. The minimum atomic E-state index is -4.28. The zero-order chi connectivity index (χ0) is 33.3. The van der Waals surface area contributed by atoms with Gasteiger partial charge in [0.05, 0.1) is 17.7 Å². The van der Waals surface area contributed by atoms with Crippen LogP contribution in [0.2, 0.25) is 0 Å². The number of methoxy groups -OCH3 is 1. The van der Waals surface area contributed by atoms with Gasteiger partial charge in [-0.25, -0.2) is 12.8 Å². The number of amides is 2. The van der Waals surface area contributed by atoms with Gasteiger partial charge in [0.1, 0.15) is 24.2 Å². The highest BCUT2D eigenvalue weighted by atomic mass is 32.2. The Morgan fingerprint density at radius 1 is 0.891 bits per heavy atom. The van der Waals surface area contributed by atoms with Crippen LogP contribution in [-0.4, -0.2) is 51.4 Å². The van der Waals surface area contributed by atoms with Crippen molar-refractivity contribution >= 4 is 27.5 Å². The minimum Gasteiger partial charge on any atom is -0.497 e. The fraction of sp³-hybridized carbons (Fsp3) is 0.278. The summed E-state index contributed by atoms with van der Waals surface area (Å²) in [5, 5.41) is 2.92. The maximum atomic E-state index is 15.1. The van der Waals surface area contributed by atoms with E-state index in [1.807, 2.05) is 51.1 Å². The van der Waals surface area contributed by atoms with Crippen molar-refractivity contribution in [1.29, 1.82) is 0 Å². The van der Waals surface area contributed by atoms with E-state index in [0.29, 0.717) is 12.3 Å². The summed E-state index contributed by atoms with van der Waals surface area (Å²) < 4.78 is 49.7. The summed E-state index contributed by atoms with van der Waals surface area (Å²) >= 11 is 0. The highest BCUT2D eigenvalue weighted by Gasteiger charge is 2.35. The molecule has 10 heteroatoms. The first-order valence-corrected chi connectivity index (χ1v) is 16.5. The average molecular weight is 646 g/mol. The van der Waals surface area contributed by atoms with E-state index in [9.17, 15) is 18.0 Å². The molecule has 46 heavy (non-hydrogen) atoms. The summed E-state index contributed by atoms with van der Waals surface area (Å²) in [6.07, 6.45) is 0.134. The quantitative estimate of drug-likeness (QED) is 0.189. The van der Waals surface area contributed by atoms with Crippen LogP contribution in [0.1, 0.15) is 30.5 Å². The molecule has 8 nitrogen and oxygen atoms in total. The van der Waals surface area contributed by atoms with E-state index in [1.54, 1.807) is 48.5 Å². The molecule has 0 fully saturated rings. The van der Waals surface area contributed by atoms with Gasteiger partial charge in [-0.3, -0.25) is 13.9 Å². The second kappa shape index (κ2) is 15.5. The van der Waals surface area contributed by atoms with Crippen LogP contribution in [0, 0.1) is 18.7 Å². The van der Waals surface area contributed by atoms with Crippen molar-refractivity contribution in [2.24, 2.45) is 5.92 Å². The van der Waals surface area contributed by atoms with Crippen molar-refractivity contribution in [3.05, 3.63) is 126 Å². The number of nitrogens with zero attached hydrogens (tertiary/aromatic N) is 2. The molecule has 0 unspecified atom stereocenters. The van der Waals surface area contributed by atoms with Gasteiger partial charge in [0, 0.05) is 31.1 Å². The second-order valence-electron chi connectivity index (χ2n) is 11.5. The number of anilines is 1. The van der Waals surface area contributed by atoms with Crippen LogP contribution in [0.4, 0.5) is 10.1 Å². The number of nitrogens with one attached hydrogen (secondary N) is 1. The summed E-state index contributed by atoms with van der Waals surface area (Å²) in [5.74, 6) is -1.11. The van der Waals surface area contributed by atoms with Gasteiger partial charge in [-0.1, -0.05) is 86.1 Å². The summed E-state index contributed by atoms with van der Waals surface area (Å²) in [5.41, 5.74) is 2.05. The lowest BCUT2D eigenvalue weighted by Gasteiger charge is -2.34. The number of benzene rings is 4. The monoisotopic (exact) mass is 645 g/mol. The maximum absolute atomic E-state index is 15.1. The molecule has 0 aliphatic rings. The van der Waals surface area contributed by atoms with Crippen molar-refractivity contribution in [2.75, 3.05) is 24.5 Å². The van der Waals surface area contributed by atoms with E-state index in [0.717, 1.165) is 15.4 Å². The highest BCUT2D eigenvalue weighted by molar-refractivity contribution is 7.92. The molecule has 4 aromatic rings. The van der Waals surface area contributed by atoms with Crippen molar-refractivity contribution in [3.63, 3.8) is 0 Å². The molecule has 0 heterocycles. The first-order chi connectivity index (χ1) is 22.0. The normalized spacial score (nSPS) is 12.0. The van der Waals surface area contributed by atoms with E-state index in [2.05, 4.69) is 5.32 Å². The average Bonchev–Trinajstić information content (AvgIpc) is 3.05. The Hall–Kier alpha value is -4.70. The maximum Gasteiger partial charge on any atom is 0.264 e. The number of carbonyl (C=O) groups is 2. The first-order valence-electron chi connectivity index (χ1n) is 15.1. The molecule has 0 aliphatic heterocycles. The third-order valence-electron chi connectivity index (χ3n) is 7.48. The second-order valence-corrected chi connectivity index (χ2v) is 13.3. The summed E-state index contributed by atoms with van der Waals surface area (Å²) in [4.78, 5) is 29.6. The smallest absolute Gasteiger partial charge is 0.264 e. The molecule has 0 radical (unpaired) electrons. The van der Waals surface area contributed by atoms with Gasteiger partial charge in [0.25, 0.3) is 10.0 Å². The number of carbonyl (C=O) groups excluding carboxylic acids is 2. The van der Waals surface area contributed by atoms with E-state index < -0.39 is 40.2 Å². The molecule has 1 N–H and O–H groups in total. The number of hydrogen-bond donors (Lipinski definition) is 1. The number of rotatable bonds is 14. The standard InChI is InChI=1S/C36H40FN3O5S/c1-26(2)23-38-36(42)34(21-28-11-6-5-7-12-28)39(24-29-13-8-9-16-33(29)37)35(41)25-40(30-14-10-15-31(22-30)45-4)46(43,44)32-19-17-27(3)18-20-32/h5-20,22,26,34H,21,23-25H2,1-4H3,(H,38,42)/t34-/m0/s1. The van der Waals surface area contributed by atoms with E-state index >= 15 is 4.39 Å². The summed E-state index contributed by atoms with van der Waals surface area (Å²) in [6.45, 7) is 5.21. The predicted octanol–water partition coefficient (Wildman–Crippen LogP) is 5.75. The van der Waals surface area contributed by atoms with E-state index in [-0.39, 0.29) is 35.0 Å². The number of hydrogen-bond acceptors (Lipinski definition) is 5. The molecular weight excluding hydrogens is 605 g/mol. The predicted molar refractivity (Wildman–Crippen MR) is 177 cm³/mol. The molecule has 0 aromatic heterocycles. The Morgan fingerprint density at radius 3 is 2.22 bits per heavy atom. The largest absolute Gasteiger partial charge is 0.497 e. The number of aryl methyl sites for hydroxylation is 1. The van der Waals surface area contributed by atoms with Crippen LogP contribution in [0.15, 0.2) is 108 Å². The molecular formula is C36H40FN3O5S. The van der Waals surface area contributed by atoms with Crippen molar-refractivity contribution in [3.8, 4) is 5.75 Å². The van der Waals surface area contributed by atoms with Crippen molar-refractivity contribution in [1.82, 2.24) is 10.2 Å². The summed E-state index contributed by atoms with van der Waals surface area (Å²) in [6, 6.07) is 26.9. The fourth-order valence-corrected chi connectivity index (χ4v) is 6.32. The topological polar surface area (TPSA) is 96.0 Å². The van der Waals surface area contributed by atoms with Gasteiger partial charge >= 0.3 is 0 Å². The molecule has 1 atom stereocenters. The van der Waals surface area contributed by atoms with Crippen molar-refractivity contribution < 1.29 is 27.1 Å². The van der Waals surface area contributed by atoms with Gasteiger partial charge in [-0.2, -0.15) is 0 Å². The van der Waals surface area contributed by atoms with Gasteiger partial charge in [-0.15, -0.1) is 0 Å². The SMILES string of the molecule is COc1cccc(N(CC(=O)N(Cc2ccccc2F)[C@@H](Cc2ccccc2)C(=O)NCC(C)C)S(=O)(=O)c2ccc(C)cc2)c1. The Morgan fingerprint density at radius 2 is 1.57 bits per heavy atom. The lowest BCUT2D eigenvalue weighted by molar-refractivity contribution is -0.140. The van der Waals surface area contributed by atoms with Gasteiger partial charge < -0.3 is 15.0 Å². The fourth-order valence-electron chi connectivity index (χ4n) is 4.92. The zero-order valence-electron chi connectivity index (χ0n) is 26.5. The molecule has 0 saturated carbocycles. The summed E-state index contributed by atoms with van der Waals surface area (Å²) in [7, 11) is -2.81. The third kappa shape index (κ3) is 8.72. The Balaban J connectivity index is 1.82. The molecule has 242 valence electrons. The Labute approximate surface area is 270 Å². The van der Waals surface area contributed by atoms with Crippen LogP contribution >= 0.6 is 0 Å². The molecule has 0 saturated heterocycles. The highest BCUT2D eigenvalue weighted by Crippen LogP contribution is 2.28. The number of sulfonamides is 1. The minimum absolute atomic E-state index is 0.00937. The molecule has 4 rings (SSSR count). The molecule has 0 aliphatic carbocycles. The van der Waals surface area contributed by atoms with Crippen LogP contribution in [0.5, 0.6) is 5.75 Å². The van der Waals surface area contributed by atoms with Gasteiger partial charge in [0.15, 0.2) is 0 Å². The first kappa shape index (κ1) is 34.2. The number of halogens is 1. The molecule has 4 aromatic carbocycles. The van der Waals surface area contributed by atoms with Gasteiger partial charge in [-0.05, 0) is 48.7 Å². The van der Waals surface area contributed by atoms with E-state index in [4.69, 9.17) is 4.74 Å².